The van der Waals surface area contributed by atoms with Gasteiger partial charge in [0.1, 0.15) is 6.04 Å². The van der Waals surface area contributed by atoms with Gasteiger partial charge in [0.2, 0.25) is 10.0 Å². The molecule has 0 spiro atoms. The van der Waals surface area contributed by atoms with Crippen LogP contribution in [0.25, 0.3) is 0 Å². The Morgan fingerprint density at radius 2 is 1.65 bits per heavy atom. The Morgan fingerprint density at radius 3 is 2.09 bits per heavy atom. The lowest BCUT2D eigenvalue weighted by Crippen LogP contribution is -2.42. The van der Waals surface area contributed by atoms with Gasteiger partial charge in [-0.15, -0.1) is 0 Å². The molecule has 3 N–H and O–H groups in total. The molecule has 126 valence electrons. The fourth-order valence-electron chi connectivity index (χ4n) is 1.55. The van der Waals surface area contributed by atoms with Crippen molar-refractivity contribution in [2.45, 2.75) is 37.8 Å². The molecular weight excluding hydrogens is 324 g/mol. The highest BCUT2D eigenvalue weighted by Crippen LogP contribution is 2.12. The van der Waals surface area contributed by atoms with Crippen molar-refractivity contribution in [2.24, 2.45) is 5.73 Å². The van der Waals surface area contributed by atoms with Crippen molar-refractivity contribution in [1.82, 2.24) is 4.72 Å². The summed E-state index contributed by atoms with van der Waals surface area (Å²) in [4.78, 5) is 33.6. The maximum Gasteiger partial charge on any atom is 0.324 e. The lowest BCUT2D eigenvalue weighted by Gasteiger charge is -2.16. The van der Waals surface area contributed by atoms with Crippen molar-refractivity contribution < 1.29 is 27.5 Å². The summed E-state index contributed by atoms with van der Waals surface area (Å²) in [5, 5.41) is 0. The molecule has 1 aromatic carbocycles. The van der Waals surface area contributed by atoms with Crippen LogP contribution < -0.4 is 10.5 Å². The minimum Gasteiger partial charge on any atom is -0.451 e. The number of ether oxygens (including phenoxy) is 1. The lowest BCUT2D eigenvalue weighted by molar-refractivity contribution is -0.155. The molecule has 9 heteroatoms. The molecule has 23 heavy (non-hydrogen) atoms. The van der Waals surface area contributed by atoms with Crippen molar-refractivity contribution in [3.05, 3.63) is 29.8 Å². The second kappa shape index (κ2) is 7.34. The van der Waals surface area contributed by atoms with Crippen molar-refractivity contribution in [3.8, 4) is 0 Å². The number of nitrogens with two attached hydrogens (primary N) is 1. The number of esters is 1. The van der Waals surface area contributed by atoms with Gasteiger partial charge in [0.05, 0.1) is 4.90 Å². The number of ketones is 1. The number of rotatable bonds is 7. The molecule has 1 rings (SSSR count). The summed E-state index contributed by atoms with van der Waals surface area (Å²) in [6.45, 7) is 3.92. The molecule has 0 saturated carbocycles. The molecule has 0 aliphatic rings. The van der Waals surface area contributed by atoms with E-state index in [2.05, 4.69) is 4.72 Å². The highest BCUT2D eigenvalue weighted by molar-refractivity contribution is 7.89. The van der Waals surface area contributed by atoms with Gasteiger partial charge >= 0.3 is 5.97 Å². The largest absolute Gasteiger partial charge is 0.451 e. The zero-order chi connectivity index (χ0) is 17.8. The molecule has 1 aromatic rings. The average Bonchev–Trinajstić information content (AvgIpc) is 2.46. The summed E-state index contributed by atoms with van der Waals surface area (Å²) in [5.41, 5.74) is 5.33. The van der Waals surface area contributed by atoms with Crippen molar-refractivity contribution in [3.63, 3.8) is 0 Å². The minimum absolute atomic E-state index is 0.106. The van der Waals surface area contributed by atoms with E-state index in [1.807, 2.05) is 0 Å². The number of hydrogen-bond donors (Lipinski definition) is 2. The summed E-state index contributed by atoms with van der Waals surface area (Å²) in [6.07, 6.45) is -1.16. The van der Waals surface area contributed by atoms with Crippen LogP contribution in [-0.2, 0) is 24.3 Å². The van der Waals surface area contributed by atoms with Crippen molar-refractivity contribution in [1.29, 1.82) is 0 Å². The minimum atomic E-state index is -3.98. The number of nitrogens with one attached hydrogen (secondary N) is 1. The third-order valence-electron chi connectivity index (χ3n) is 2.95. The summed E-state index contributed by atoms with van der Waals surface area (Å²) < 4.78 is 31.2. The first-order valence-electron chi connectivity index (χ1n) is 6.67. The van der Waals surface area contributed by atoms with Gasteiger partial charge in [-0.25, -0.2) is 8.42 Å². The number of sulfonamides is 1. The standard InChI is InChI=1S/C14H18N2O6S/c1-8(14(19)22-10(3)13(15)18)16-23(20,21)12-6-4-11(5-7-12)9(2)17/h4-8,10,16H,1-3H3,(H2,15,18). The SMILES string of the molecule is CC(=O)c1ccc(S(=O)(=O)NC(C)C(=O)OC(C)C(N)=O)cc1. The third-order valence-corrected chi connectivity index (χ3v) is 4.51. The highest BCUT2D eigenvalue weighted by Gasteiger charge is 2.25. The Morgan fingerprint density at radius 1 is 1.13 bits per heavy atom. The molecule has 1 amide bonds. The molecule has 8 nitrogen and oxygen atoms in total. The molecule has 0 radical (unpaired) electrons. The van der Waals surface area contributed by atoms with Gasteiger partial charge < -0.3 is 10.5 Å². The zero-order valence-electron chi connectivity index (χ0n) is 12.9. The van der Waals surface area contributed by atoms with E-state index in [0.717, 1.165) is 0 Å². The Kier molecular flexibility index (Phi) is 5.99. The molecule has 0 saturated heterocycles. The number of primary amides is 1. The molecule has 0 aliphatic carbocycles. The number of hydrogen-bond acceptors (Lipinski definition) is 6. The lowest BCUT2D eigenvalue weighted by atomic mass is 10.2. The maximum absolute atomic E-state index is 12.2. The summed E-state index contributed by atoms with van der Waals surface area (Å²) >= 11 is 0. The van der Waals surface area contributed by atoms with Crippen molar-refractivity contribution in [2.75, 3.05) is 0 Å². The molecule has 2 unspecified atom stereocenters. The van der Waals surface area contributed by atoms with Gasteiger partial charge in [0.15, 0.2) is 11.9 Å². The molecule has 0 aliphatic heterocycles. The zero-order valence-corrected chi connectivity index (χ0v) is 13.7. The third kappa shape index (κ3) is 5.15. The van der Waals surface area contributed by atoms with Crippen LogP contribution in [0.15, 0.2) is 29.2 Å². The number of benzene rings is 1. The fraction of sp³-hybridized carbons (Fsp3) is 0.357. The van der Waals surface area contributed by atoms with Crippen LogP contribution in [-0.4, -0.2) is 38.2 Å². The fourth-order valence-corrected chi connectivity index (χ4v) is 2.74. The van der Waals surface area contributed by atoms with Crippen LogP contribution >= 0.6 is 0 Å². The van der Waals surface area contributed by atoms with E-state index in [9.17, 15) is 22.8 Å². The van der Waals surface area contributed by atoms with Crippen LogP contribution in [0.4, 0.5) is 0 Å². The topological polar surface area (TPSA) is 133 Å². The molecule has 0 fully saturated rings. The van der Waals surface area contributed by atoms with Crippen LogP contribution in [0.3, 0.4) is 0 Å². The number of amides is 1. The normalized spacial score (nSPS) is 13.9. The van der Waals surface area contributed by atoms with Crippen LogP contribution in [0.5, 0.6) is 0 Å². The molecular formula is C14H18N2O6S. The molecule has 2 atom stereocenters. The first-order valence-corrected chi connectivity index (χ1v) is 8.16. The van der Waals surface area contributed by atoms with Crippen LogP contribution in [0.1, 0.15) is 31.1 Å². The van der Waals surface area contributed by atoms with Gasteiger partial charge in [0.25, 0.3) is 5.91 Å². The first-order chi connectivity index (χ1) is 10.5. The highest BCUT2D eigenvalue weighted by atomic mass is 32.2. The summed E-state index contributed by atoms with van der Waals surface area (Å²) in [7, 11) is -3.98. The van der Waals surface area contributed by atoms with Gasteiger partial charge in [0, 0.05) is 5.56 Å². The second-order valence-corrected chi connectivity index (χ2v) is 6.62. The van der Waals surface area contributed by atoms with Gasteiger partial charge in [-0.1, -0.05) is 12.1 Å². The van der Waals surface area contributed by atoms with Gasteiger partial charge in [-0.05, 0) is 32.9 Å². The summed E-state index contributed by atoms with van der Waals surface area (Å²) in [6, 6.07) is 4.03. The average molecular weight is 342 g/mol. The Hall–Kier alpha value is -2.26. The Balaban J connectivity index is 2.83. The Labute approximate surface area is 134 Å². The quantitative estimate of drug-likeness (QED) is 0.528. The van der Waals surface area contributed by atoms with Gasteiger partial charge in [-0.2, -0.15) is 4.72 Å². The molecule has 0 aromatic heterocycles. The smallest absolute Gasteiger partial charge is 0.324 e. The van der Waals surface area contributed by atoms with E-state index in [0.29, 0.717) is 5.56 Å². The number of carbonyl (C=O) groups is 3. The van der Waals surface area contributed by atoms with Crippen LogP contribution in [0.2, 0.25) is 0 Å². The predicted octanol–water partition coefficient (Wildman–Crippen LogP) is -0.0270. The Bertz CT molecular complexity index is 711. The first kappa shape index (κ1) is 18.8. The van der Waals surface area contributed by atoms with E-state index in [1.54, 1.807) is 0 Å². The second-order valence-electron chi connectivity index (χ2n) is 4.91. The van der Waals surface area contributed by atoms with E-state index in [1.165, 1.54) is 45.0 Å². The van der Waals surface area contributed by atoms with E-state index in [4.69, 9.17) is 10.5 Å². The number of carbonyl (C=O) groups excluding carboxylic acids is 3. The summed E-state index contributed by atoms with van der Waals surface area (Å²) in [5.74, 6) is -1.97. The maximum atomic E-state index is 12.2. The molecule has 0 bridgehead atoms. The molecule has 0 heterocycles. The van der Waals surface area contributed by atoms with E-state index in [-0.39, 0.29) is 10.7 Å². The van der Waals surface area contributed by atoms with Crippen LogP contribution in [0, 0.1) is 0 Å². The van der Waals surface area contributed by atoms with Gasteiger partial charge in [-0.3, -0.25) is 14.4 Å². The van der Waals surface area contributed by atoms with Crippen molar-refractivity contribution >= 4 is 27.7 Å². The van der Waals surface area contributed by atoms with E-state index >= 15 is 0 Å². The monoisotopic (exact) mass is 342 g/mol. The predicted molar refractivity (Wildman–Crippen MR) is 81.0 cm³/mol. The van der Waals surface area contributed by atoms with E-state index < -0.39 is 34.0 Å². The number of Topliss-reactive ketones (excluding diaryl/α,β-unsaturated/α-hetero) is 1.